The predicted octanol–water partition coefficient (Wildman–Crippen LogP) is 3.46. The van der Waals surface area contributed by atoms with E-state index in [-0.39, 0.29) is 5.56 Å². The van der Waals surface area contributed by atoms with Gasteiger partial charge in [-0.3, -0.25) is 9.69 Å². The van der Waals surface area contributed by atoms with Crippen LogP contribution in [-0.4, -0.2) is 35.1 Å². The maximum atomic E-state index is 14.2. The van der Waals surface area contributed by atoms with Crippen LogP contribution < -0.4 is 4.74 Å². The van der Waals surface area contributed by atoms with Crippen LogP contribution in [0.5, 0.6) is 5.75 Å². The Bertz CT molecular complexity index is 877. The van der Waals surface area contributed by atoms with Crippen LogP contribution in [0.4, 0.5) is 4.39 Å². The molecule has 0 spiro atoms. The van der Waals surface area contributed by atoms with E-state index in [0.717, 1.165) is 11.3 Å². The molecule has 3 rings (SSSR count). The van der Waals surface area contributed by atoms with E-state index in [2.05, 4.69) is 5.10 Å². The van der Waals surface area contributed by atoms with Gasteiger partial charge in [-0.05, 0) is 42.9 Å². The van der Waals surface area contributed by atoms with Gasteiger partial charge >= 0.3 is 0 Å². The molecular formula is C20H20FN3O2. The van der Waals surface area contributed by atoms with E-state index in [1.165, 1.54) is 19.2 Å². The number of nitrogens with zero attached hydrogens (tertiary/aromatic N) is 3. The average molecular weight is 353 g/mol. The van der Waals surface area contributed by atoms with Gasteiger partial charge in [0.2, 0.25) is 0 Å². The van der Waals surface area contributed by atoms with Gasteiger partial charge in [0.1, 0.15) is 11.6 Å². The van der Waals surface area contributed by atoms with Crippen molar-refractivity contribution in [1.29, 1.82) is 0 Å². The molecule has 6 heteroatoms. The van der Waals surface area contributed by atoms with Gasteiger partial charge in [0.25, 0.3) is 0 Å². The van der Waals surface area contributed by atoms with Crippen LogP contribution in [0.1, 0.15) is 21.5 Å². The number of ether oxygens (including phenoxy) is 1. The summed E-state index contributed by atoms with van der Waals surface area (Å²) in [6.07, 6.45) is 4.26. The first-order valence-electron chi connectivity index (χ1n) is 8.20. The van der Waals surface area contributed by atoms with Gasteiger partial charge in [0, 0.05) is 31.0 Å². The summed E-state index contributed by atoms with van der Waals surface area (Å²) < 4.78 is 21.2. The molecule has 26 heavy (non-hydrogen) atoms. The number of aldehydes is 1. The predicted molar refractivity (Wildman–Crippen MR) is 97.1 cm³/mol. The third-order valence-corrected chi connectivity index (χ3v) is 4.18. The number of halogens is 1. The Kier molecular flexibility index (Phi) is 5.43. The van der Waals surface area contributed by atoms with Crippen LogP contribution in [0.3, 0.4) is 0 Å². The molecule has 0 aliphatic heterocycles. The van der Waals surface area contributed by atoms with Gasteiger partial charge in [-0.15, -0.1) is 0 Å². The summed E-state index contributed by atoms with van der Waals surface area (Å²) in [4.78, 5) is 13.3. The van der Waals surface area contributed by atoms with Crippen molar-refractivity contribution in [3.05, 3.63) is 77.4 Å². The highest BCUT2D eigenvalue weighted by molar-refractivity contribution is 5.81. The van der Waals surface area contributed by atoms with Gasteiger partial charge in [-0.2, -0.15) is 5.10 Å². The molecule has 0 radical (unpaired) electrons. The Hall–Kier alpha value is -2.99. The maximum absolute atomic E-state index is 14.2. The van der Waals surface area contributed by atoms with Gasteiger partial charge in [-0.25, -0.2) is 9.07 Å². The average Bonchev–Trinajstić information content (AvgIpc) is 3.18. The first-order chi connectivity index (χ1) is 12.6. The third-order valence-electron chi connectivity index (χ3n) is 4.18. The highest BCUT2D eigenvalue weighted by Crippen LogP contribution is 2.24. The molecular weight excluding hydrogens is 333 g/mol. The number of hydrogen-bond donors (Lipinski definition) is 0. The monoisotopic (exact) mass is 353 g/mol. The molecule has 0 bridgehead atoms. The van der Waals surface area contributed by atoms with E-state index >= 15 is 0 Å². The molecule has 0 unspecified atom stereocenters. The van der Waals surface area contributed by atoms with E-state index in [4.69, 9.17) is 4.74 Å². The lowest BCUT2D eigenvalue weighted by molar-refractivity contribution is 0.111. The molecule has 0 atom stereocenters. The largest absolute Gasteiger partial charge is 0.496 e. The molecule has 0 aliphatic carbocycles. The van der Waals surface area contributed by atoms with Crippen LogP contribution in [0.25, 0.3) is 5.69 Å². The molecule has 3 aromatic rings. The van der Waals surface area contributed by atoms with E-state index in [1.54, 1.807) is 10.9 Å². The quantitative estimate of drug-likeness (QED) is 0.610. The Balaban J connectivity index is 1.73. The molecule has 0 amide bonds. The molecule has 1 aromatic heterocycles. The summed E-state index contributed by atoms with van der Waals surface area (Å²) >= 11 is 0. The number of carbonyl (C=O) groups excluding carboxylic acids is 1. The van der Waals surface area contributed by atoms with E-state index in [9.17, 15) is 9.18 Å². The second-order valence-electron chi connectivity index (χ2n) is 6.05. The van der Waals surface area contributed by atoms with Crippen molar-refractivity contribution in [2.75, 3.05) is 14.2 Å². The number of methoxy groups -OCH3 is 1. The second kappa shape index (κ2) is 7.93. The normalized spacial score (nSPS) is 10.9. The number of rotatable bonds is 7. The van der Waals surface area contributed by atoms with Crippen LogP contribution in [-0.2, 0) is 13.1 Å². The van der Waals surface area contributed by atoms with Crippen molar-refractivity contribution >= 4 is 6.29 Å². The van der Waals surface area contributed by atoms with Crippen LogP contribution >= 0.6 is 0 Å². The SMILES string of the molecule is COc1ccc(F)c(CN(C)Cc2ccc(-n3cccn3)cc2)c1C=O. The lowest BCUT2D eigenvalue weighted by Gasteiger charge is -2.19. The summed E-state index contributed by atoms with van der Waals surface area (Å²) in [5.74, 6) is -0.0258. The minimum atomic E-state index is -0.409. The van der Waals surface area contributed by atoms with Crippen molar-refractivity contribution in [3.8, 4) is 11.4 Å². The fraction of sp³-hybridized carbons (Fsp3) is 0.200. The highest BCUT2D eigenvalue weighted by Gasteiger charge is 2.15. The maximum Gasteiger partial charge on any atom is 0.154 e. The van der Waals surface area contributed by atoms with Gasteiger partial charge < -0.3 is 4.74 Å². The standard InChI is InChI=1S/C20H20FN3O2/c1-23(13-17-18(14-25)20(26-2)9-8-19(17)21)12-15-4-6-16(7-5-15)24-11-3-10-22-24/h3-11,14H,12-13H2,1-2H3. The first-order valence-corrected chi connectivity index (χ1v) is 8.20. The minimum absolute atomic E-state index is 0.258. The minimum Gasteiger partial charge on any atom is -0.496 e. The Morgan fingerprint density at radius 2 is 1.96 bits per heavy atom. The van der Waals surface area contributed by atoms with Gasteiger partial charge in [-0.1, -0.05) is 12.1 Å². The zero-order chi connectivity index (χ0) is 18.5. The summed E-state index contributed by atoms with van der Waals surface area (Å²) in [5.41, 5.74) is 2.66. The molecule has 0 saturated carbocycles. The summed E-state index contributed by atoms with van der Waals surface area (Å²) in [7, 11) is 3.35. The Labute approximate surface area is 151 Å². The summed E-state index contributed by atoms with van der Waals surface area (Å²) in [6, 6.07) is 12.7. The zero-order valence-electron chi connectivity index (χ0n) is 14.7. The second-order valence-corrected chi connectivity index (χ2v) is 6.05. The molecule has 5 nitrogen and oxygen atoms in total. The van der Waals surface area contributed by atoms with Crippen molar-refractivity contribution < 1.29 is 13.9 Å². The Morgan fingerprint density at radius 1 is 1.19 bits per heavy atom. The van der Waals surface area contributed by atoms with Crippen LogP contribution in [0.15, 0.2) is 54.9 Å². The number of hydrogen-bond acceptors (Lipinski definition) is 4. The smallest absolute Gasteiger partial charge is 0.154 e. The van der Waals surface area contributed by atoms with E-state index in [1.807, 2.05) is 48.5 Å². The van der Waals surface area contributed by atoms with Crippen molar-refractivity contribution in [2.45, 2.75) is 13.1 Å². The number of benzene rings is 2. The first kappa shape index (κ1) is 17.8. The molecule has 1 heterocycles. The summed E-state index contributed by atoms with van der Waals surface area (Å²) in [6.45, 7) is 0.923. The van der Waals surface area contributed by atoms with Crippen LogP contribution in [0.2, 0.25) is 0 Å². The zero-order valence-corrected chi connectivity index (χ0v) is 14.7. The van der Waals surface area contributed by atoms with Gasteiger partial charge in [0.15, 0.2) is 6.29 Å². The van der Waals surface area contributed by atoms with E-state index in [0.29, 0.717) is 30.7 Å². The van der Waals surface area contributed by atoms with Gasteiger partial charge in [0.05, 0.1) is 18.4 Å². The molecule has 0 fully saturated rings. The third kappa shape index (κ3) is 3.81. The highest BCUT2D eigenvalue weighted by atomic mass is 19.1. The van der Waals surface area contributed by atoms with Crippen LogP contribution in [0, 0.1) is 5.82 Å². The molecule has 0 saturated heterocycles. The topological polar surface area (TPSA) is 47.4 Å². The fourth-order valence-corrected chi connectivity index (χ4v) is 2.90. The van der Waals surface area contributed by atoms with Crippen molar-refractivity contribution in [3.63, 3.8) is 0 Å². The van der Waals surface area contributed by atoms with E-state index < -0.39 is 5.82 Å². The summed E-state index contributed by atoms with van der Waals surface area (Å²) in [5, 5.41) is 4.20. The van der Waals surface area contributed by atoms with Crippen molar-refractivity contribution in [2.24, 2.45) is 0 Å². The number of carbonyl (C=O) groups is 1. The lowest BCUT2D eigenvalue weighted by atomic mass is 10.1. The lowest BCUT2D eigenvalue weighted by Crippen LogP contribution is -2.19. The molecule has 134 valence electrons. The fourth-order valence-electron chi connectivity index (χ4n) is 2.90. The molecule has 0 aliphatic rings. The Morgan fingerprint density at radius 3 is 2.58 bits per heavy atom. The van der Waals surface area contributed by atoms with Crippen molar-refractivity contribution in [1.82, 2.24) is 14.7 Å². The molecule has 2 aromatic carbocycles. The number of aromatic nitrogens is 2. The molecule has 0 N–H and O–H groups in total.